The Morgan fingerprint density at radius 1 is 1.42 bits per heavy atom. The fraction of sp³-hybridized carbons (Fsp3) is 0.467. The summed E-state index contributed by atoms with van der Waals surface area (Å²) in [5.74, 6) is -2.00. The first-order valence-electron chi connectivity index (χ1n) is 7.36. The quantitative estimate of drug-likeness (QED) is 0.843. The molecule has 1 saturated heterocycles. The van der Waals surface area contributed by atoms with Gasteiger partial charge in [-0.15, -0.1) is 5.10 Å². The summed E-state index contributed by atoms with van der Waals surface area (Å²) in [5.41, 5.74) is 0.0940. The normalized spacial score (nSPS) is 27.4. The molecule has 2 aromatic rings. The molecule has 1 aliphatic rings. The van der Waals surface area contributed by atoms with E-state index in [9.17, 15) is 19.0 Å². The third-order valence-electron chi connectivity index (χ3n) is 4.11. The van der Waals surface area contributed by atoms with Crippen LogP contribution in [0.15, 0.2) is 24.4 Å². The molecule has 0 aliphatic carbocycles. The number of aromatic nitrogens is 3. The number of hydrogen-bond acceptors (Lipinski definition) is 6. The van der Waals surface area contributed by atoms with Crippen molar-refractivity contribution in [3.05, 3.63) is 36.0 Å². The van der Waals surface area contributed by atoms with Crippen LogP contribution in [0.25, 0.3) is 11.3 Å². The maximum absolute atomic E-state index is 13.9. The Balaban J connectivity index is 1.94. The second kappa shape index (κ2) is 6.89. The van der Waals surface area contributed by atoms with Crippen molar-refractivity contribution < 1.29 is 28.5 Å². The topological polar surface area (TPSA) is 89.6 Å². The Labute approximate surface area is 136 Å². The van der Waals surface area contributed by atoms with Gasteiger partial charge < -0.3 is 19.7 Å². The van der Waals surface area contributed by atoms with Gasteiger partial charge in [-0.05, 0) is 12.1 Å². The zero-order chi connectivity index (χ0) is 17.3. The number of aliphatic hydroxyl groups excluding tert-OH is 2. The smallest absolute Gasteiger partial charge is 0.168 e. The van der Waals surface area contributed by atoms with Crippen LogP contribution in [0.2, 0.25) is 0 Å². The molecule has 0 spiro atoms. The lowest BCUT2D eigenvalue weighted by molar-refractivity contribution is -0.174. The monoisotopic (exact) mass is 341 g/mol. The van der Waals surface area contributed by atoms with E-state index in [0.29, 0.717) is 0 Å². The lowest BCUT2D eigenvalue weighted by atomic mass is 9.97. The van der Waals surface area contributed by atoms with Crippen LogP contribution < -0.4 is 0 Å². The van der Waals surface area contributed by atoms with Gasteiger partial charge >= 0.3 is 0 Å². The van der Waals surface area contributed by atoms with Crippen molar-refractivity contribution >= 4 is 0 Å². The average molecular weight is 341 g/mol. The molecule has 1 aliphatic heterocycles. The van der Waals surface area contributed by atoms with Crippen LogP contribution in [0, 0.1) is 11.6 Å². The molecule has 0 bridgehead atoms. The van der Waals surface area contributed by atoms with Gasteiger partial charge in [-0.25, -0.2) is 13.5 Å². The van der Waals surface area contributed by atoms with E-state index in [1.54, 1.807) is 0 Å². The molecular weight excluding hydrogens is 324 g/mol. The zero-order valence-electron chi connectivity index (χ0n) is 12.8. The number of ether oxygens (including phenoxy) is 2. The number of hydrogen-bond donors (Lipinski definition) is 2. The van der Waals surface area contributed by atoms with Gasteiger partial charge in [0.25, 0.3) is 0 Å². The fourth-order valence-corrected chi connectivity index (χ4v) is 2.80. The van der Waals surface area contributed by atoms with Crippen LogP contribution in [0.3, 0.4) is 0 Å². The Morgan fingerprint density at radius 3 is 2.92 bits per heavy atom. The van der Waals surface area contributed by atoms with Gasteiger partial charge in [-0.3, -0.25) is 0 Å². The van der Waals surface area contributed by atoms with Gasteiger partial charge in [0.15, 0.2) is 11.6 Å². The predicted molar refractivity (Wildman–Crippen MR) is 78.0 cm³/mol. The molecule has 0 radical (unpaired) electrons. The minimum atomic E-state index is -1.10. The molecule has 24 heavy (non-hydrogen) atoms. The van der Waals surface area contributed by atoms with Crippen LogP contribution in [0.1, 0.15) is 6.04 Å². The minimum Gasteiger partial charge on any atom is -0.394 e. The minimum absolute atomic E-state index is 0.0320. The van der Waals surface area contributed by atoms with E-state index in [1.165, 1.54) is 30.1 Å². The summed E-state index contributed by atoms with van der Waals surface area (Å²) in [5, 5.41) is 27.4. The molecule has 9 heteroatoms. The van der Waals surface area contributed by atoms with Crippen LogP contribution >= 0.6 is 0 Å². The summed E-state index contributed by atoms with van der Waals surface area (Å²) in [6.45, 7) is -0.221. The highest BCUT2D eigenvalue weighted by atomic mass is 19.2. The number of methoxy groups -OCH3 is 1. The van der Waals surface area contributed by atoms with Crippen LogP contribution in [0.5, 0.6) is 0 Å². The number of aliphatic hydroxyl groups is 2. The van der Waals surface area contributed by atoms with Gasteiger partial charge in [0.2, 0.25) is 0 Å². The summed E-state index contributed by atoms with van der Waals surface area (Å²) in [4.78, 5) is 0. The second-order valence-electron chi connectivity index (χ2n) is 5.49. The van der Waals surface area contributed by atoms with Gasteiger partial charge in [-0.1, -0.05) is 11.3 Å². The standard InChI is InChI=1S/C15H17F2N3O4/c1-23-12-7-24-11(6-21)15(22)14(12)20-5-10(18-19-20)8-3-2-4-9(16)13(8)17/h2-5,11-12,14-15,21-22H,6-7H2,1H3. The molecule has 1 aromatic heterocycles. The van der Waals surface area contributed by atoms with Crippen molar-refractivity contribution in [3.63, 3.8) is 0 Å². The molecule has 0 amide bonds. The summed E-state index contributed by atoms with van der Waals surface area (Å²) < 4.78 is 39.2. The maximum atomic E-state index is 13.9. The third kappa shape index (κ3) is 2.91. The second-order valence-corrected chi connectivity index (χ2v) is 5.49. The van der Waals surface area contributed by atoms with Crippen molar-refractivity contribution in [2.45, 2.75) is 24.4 Å². The highest BCUT2D eigenvalue weighted by Crippen LogP contribution is 2.29. The Hall–Kier alpha value is -1.94. The van der Waals surface area contributed by atoms with Gasteiger partial charge in [0.1, 0.15) is 30.0 Å². The molecule has 1 aromatic carbocycles. The Bertz CT molecular complexity index is 712. The highest BCUT2D eigenvalue weighted by molar-refractivity contribution is 5.58. The lowest BCUT2D eigenvalue weighted by Gasteiger charge is -2.38. The Morgan fingerprint density at radius 2 is 2.21 bits per heavy atom. The van der Waals surface area contributed by atoms with Crippen LogP contribution in [-0.2, 0) is 9.47 Å². The van der Waals surface area contributed by atoms with Crippen molar-refractivity contribution in [1.29, 1.82) is 0 Å². The molecule has 130 valence electrons. The van der Waals surface area contributed by atoms with Crippen LogP contribution in [0.4, 0.5) is 8.78 Å². The molecule has 4 unspecified atom stereocenters. The van der Waals surface area contributed by atoms with E-state index >= 15 is 0 Å². The van der Waals surface area contributed by atoms with Gasteiger partial charge in [0, 0.05) is 12.7 Å². The number of rotatable bonds is 4. The summed E-state index contributed by atoms with van der Waals surface area (Å²) >= 11 is 0. The van der Waals surface area contributed by atoms with E-state index in [1.807, 2.05) is 0 Å². The number of benzene rings is 1. The lowest BCUT2D eigenvalue weighted by Crippen LogP contribution is -2.52. The molecule has 3 rings (SSSR count). The summed E-state index contributed by atoms with van der Waals surface area (Å²) in [6.07, 6.45) is -1.02. The van der Waals surface area contributed by atoms with Crippen molar-refractivity contribution in [1.82, 2.24) is 15.0 Å². The molecule has 1 fully saturated rings. The fourth-order valence-electron chi connectivity index (χ4n) is 2.80. The molecule has 2 N–H and O–H groups in total. The number of halogens is 2. The average Bonchev–Trinajstić information content (AvgIpc) is 3.06. The van der Waals surface area contributed by atoms with Crippen molar-refractivity contribution in [2.75, 3.05) is 20.3 Å². The van der Waals surface area contributed by atoms with Crippen LogP contribution in [-0.4, -0.2) is 63.8 Å². The SMILES string of the molecule is COC1COC(CO)C(O)C1n1cc(-c2cccc(F)c2F)nn1. The third-order valence-corrected chi connectivity index (χ3v) is 4.11. The van der Waals surface area contributed by atoms with Gasteiger partial charge in [-0.2, -0.15) is 0 Å². The van der Waals surface area contributed by atoms with E-state index in [4.69, 9.17) is 9.47 Å². The Kier molecular flexibility index (Phi) is 4.86. The first kappa shape index (κ1) is 16.9. The largest absolute Gasteiger partial charge is 0.394 e. The highest BCUT2D eigenvalue weighted by Gasteiger charge is 2.41. The van der Waals surface area contributed by atoms with E-state index in [0.717, 1.165) is 6.07 Å². The number of nitrogens with zero attached hydrogens (tertiary/aromatic N) is 3. The van der Waals surface area contributed by atoms with E-state index in [-0.39, 0.29) is 24.5 Å². The molecule has 0 saturated carbocycles. The molecule has 7 nitrogen and oxygen atoms in total. The van der Waals surface area contributed by atoms with Gasteiger partial charge in [0.05, 0.1) is 19.4 Å². The summed E-state index contributed by atoms with van der Waals surface area (Å²) in [7, 11) is 1.46. The van der Waals surface area contributed by atoms with E-state index in [2.05, 4.69) is 10.3 Å². The van der Waals surface area contributed by atoms with Crippen molar-refractivity contribution in [3.8, 4) is 11.3 Å². The zero-order valence-corrected chi connectivity index (χ0v) is 12.8. The van der Waals surface area contributed by atoms with Crippen molar-refractivity contribution in [2.24, 2.45) is 0 Å². The first-order chi connectivity index (χ1) is 11.6. The first-order valence-corrected chi connectivity index (χ1v) is 7.36. The van der Waals surface area contributed by atoms with E-state index < -0.39 is 36.0 Å². The molecule has 4 atom stereocenters. The maximum Gasteiger partial charge on any atom is 0.168 e. The molecular formula is C15H17F2N3O4. The predicted octanol–water partition coefficient (Wildman–Crippen LogP) is 0.531. The molecule has 2 heterocycles. The summed E-state index contributed by atoms with van der Waals surface area (Å²) in [6, 6.07) is 3.09.